The van der Waals surface area contributed by atoms with E-state index >= 15 is 0 Å². The molecule has 1 unspecified atom stereocenters. The van der Waals surface area contributed by atoms with Gasteiger partial charge < -0.3 is 14.2 Å². The maximum absolute atomic E-state index is 11.1. The van der Waals surface area contributed by atoms with Crippen molar-refractivity contribution in [2.75, 3.05) is 19.8 Å². The topological polar surface area (TPSA) is 44.8 Å². The molecule has 0 radical (unpaired) electrons. The predicted molar refractivity (Wildman–Crippen MR) is 74.1 cm³/mol. The Bertz CT molecular complexity index is 257. The Labute approximate surface area is 116 Å². The number of hydrogen-bond donors (Lipinski definition) is 0. The van der Waals surface area contributed by atoms with Crippen molar-refractivity contribution in [3.8, 4) is 0 Å². The van der Waals surface area contributed by atoms with Crippen molar-refractivity contribution < 1.29 is 19.0 Å². The highest BCUT2D eigenvalue weighted by Crippen LogP contribution is 2.28. The minimum absolute atomic E-state index is 0.00181. The van der Waals surface area contributed by atoms with E-state index in [0.29, 0.717) is 6.61 Å². The molecule has 1 saturated heterocycles. The second-order valence-corrected chi connectivity index (χ2v) is 5.40. The van der Waals surface area contributed by atoms with Crippen LogP contribution in [0, 0.1) is 0 Å². The SMILES string of the molecule is CCCCCCCC(C)(OCC)C1OCC(=O)CO1. The van der Waals surface area contributed by atoms with Gasteiger partial charge in [-0.15, -0.1) is 0 Å². The van der Waals surface area contributed by atoms with Crippen molar-refractivity contribution in [3.63, 3.8) is 0 Å². The van der Waals surface area contributed by atoms with E-state index in [2.05, 4.69) is 6.92 Å². The fourth-order valence-corrected chi connectivity index (χ4v) is 2.45. The molecule has 112 valence electrons. The Morgan fingerprint density at radius 2 is 1.79 bits per heavy atom. The van der Waals surface area contributed by atoms with Crippen molar-refractivity contribution in [1.82, 2.24) is 0 Å². The molecule has 1 atom stereocenters. The number of ketones is 1. The molecule has 1 rings (SSSR count). The molecule has 1 fully saturated rings. The molecule has 0 aromatic rings. The first-order chi connectivity index (χ1) is 9.12. The monoisotopic (exact) mass is 272 g/mol. The number of carbonyl (C=O) groups excluding carboxylic acids is 1. The first-order valence-corrected chi connectivity index (χ1v) is 7.51. The van der Waals surface area contributed by atoms with Gasteiger partial charge in [-0.25, -0.2) is 0 Å². The zero-order valence-corrected chi connectivity index (χ0v) is 12.6. The summed E-state index contributed by atoms with van der Waals surface area (Å²) >= 11 is 0. The zero-order chi connectivity index (χ0) is 14.1. The molecule has 19 heavy (non-hydrogen) atoms. The molecule has 1 aliphatic heterocycles. The van der Waals surface area contributed by atoms with E-state index in [1.165, 1.54) is 25.7 Å². The largest absolute Gasteiger partial charge is 0.370 e. The van der Waals surface area contributed by atoms with Crippen molar-refractivity contribution in [2.24, 2.45) is 0 Å². The number of unbranched alkanes of at least 4 members (excludes halogenated alkanes) is 4. The number of ether oxygens (including phenoxy) is 3. The predicted octanol–water partition coefficient (Wildman–Crippen LogP) is 3.08. The molecule has 0 bridgehead atoms. The molecule has 0 aromatic carbocycles. The van der Waals surface area contributed by atoms with Gasteiger partial charge in [0.15, 0.2) is 12.1 Å². The molecule has 0 spiro atoms. The van der Waals surface area contributed by atoms with Gasteiger partial charge in [0, 0.05) is 6.61 Å². The van der Waals surface area contributed by atoms with Crippen molar-refractivity contribution in [2.45, 2.75) is 71.2 Å². The minimum Gasteiger partial charge on any atom is -0.370 e. The Morgan fingerprint density at radius 3 is 2.37 bits per heavy atom. The second kappa shape index (κ2) is 8.67. The molecule has 0 N–H and O–H groups in total. The number of rotatable bonds is 9. The number of carbonyl (C=O) groups is 1. The van der Waals surface area contributed by atoms with E-state index in [0.717, 1.165) is 12.8 Å². The molecule has 0 aliphatic carbocycles. The lowest BCUT2D eigenvalue weighted by Gasteiger charge is -2.38. The van der Waals surface area contributed by atoms with Crippen LogP contribution in [0.2, 0.25) is 0 Å². The van der Waals surface area contributed by atoms with E-state index in [9.17, 15) is 4.79 Å². The third kappa shape index (κ3) is 5.59. The van der Waals surface area contributed by atoms with Crippen LogP contribution in [0.3, 0.4) is 0 Å². The van der Waals surface area contributed by atoms with Crippen LogP contribution in [-0.2, 0) is 19.0 Å². The van der Waals surface area contributed by atoms with E-state index in [1.54, 1.807) is 0 Å². The first-order valence-electron chi connectivity index (χ1n) is 7.51. The molecular weight excluding hydrogens is 244 g/mol. The Kier molecular flexibility index (Phi) is 7.57. The Hall–Kier alpha value is -0.450. The lowest BCUT2D eigenvalue weighted by atomic mass is 9.96. The lowest BCUT2D eigenvalue weighted by Crippen LogP contribution is -2.49. The summed E-state index contributed by atoms with van der Waals surface area (Å²) in [7, 11) is 0. The highest BCUT2D eigenvalue weighted by atomic mass is 16.7. The first kappa shape index (κ1) is 16.6. The highest BCUT2D eigenvalue weighted by Gasteiger charge is 2.39. The summed E-state index contributed by atoms with van der Waals surface area (Å²) < 4.78 is 16.8. The van der Waals surface area contributed by atoms with Crippen LogP contribution in [-0.4, -0.2) is 37.5 Å². The third-order valence-electron chi connectivity index (χ3n) is 3.54. The minimum atomic E-state index is -0.443. The van der Waals surface area contributed by atoms with Gasteiger partial charge in [-0.05, 0) is 20.3 Å². The summed E-state index contributed by atoms with van der Waals surface area (Å²) in [6.45, 7) is 7.13. The van der Waals surface area contributed by atoms with Crippen LogP contribution < -0.4 is 0 Å². The molecule has 0 saturated carbocycles. The molecule has 4 nitrogen and oxygen atoms in total. The number of hydrogen-bond acceptors (Lipinski definition) is 4. The van der Waals surface area contributed by atoms with Gasteiger partial charge in [0.25, 0.3) is 0 Å². The van der Waals surface area contributed by atoms with Crippen LogP contribution in [0.4, 0.5) is 0 Å². The van der Waals surface area contributed by atoms with Gasteiger partial charge in [0.1, 0.15) is 18.8 Å². The smallest absolute Gasteiger partial charge is 0.187 e. The van der Waals surface area contributed by atoms with Gasteiger partial charge in [-0.2, -0.15) is 0 Å². The molecule has 1 aliphatic rings. The Balaban J connectivity index is 2.41. The van der Waals surface area contributed by atoms with Crippen LogP contribution >= 0.6 is 0 Å². The standard InChI is InChI=1S/C15H28O4/c1-4-6-7-8-9-10-15(3,19-5-2)14-17-11-13(16)12-18-14/h14H,4-12H2,1-3H3. The normalized spacial score (nSPS) is 20.5. The van der Waals surface area contributed by atoms with Crippen LogP contribution in [0.5, 0.6) is 0 Å². The lowest BCUT2D eigenvalue weighted by molar-refractivity contribution is -0.261. The highest BCUT2D eigenvalue weighted by molar-refractivity contribution is 5.81. The summed E-state index contributed by atoms with van der Waals surface area (Å²) in [4.78, 5) is 11.1. The van der Waals surface area contributed by atoms with Crippen molar-refractivity contribution in [3.05, 3.63) is 0 Å². The summed E-state index contributed by atoms with van der Waals surface area (Å²) in [5.74, 6) is -0.00181. The summed E-state index contributed by atoms with van der Waals surface area (Å²) in [5, 5.41) is 0. The number of Topliss-reactive ketones (excluding diaryl/α,β-unsaturated/α-hetero) is 1. The molecule has 4 heteroatoms. The van der Waals surface area contributed by atoms with E-state index in [-0.39, 0.29) is 19.0 Å². The Morgan fingerprint density at radius 1 is 1.16 bits per heavy atom. The zero-order valence-electron chi connectivity index (χ0n) is 12.6. The van der Waals surface area contributed by atoms with Crippen LogP contribution in [0.25, 0.3) is 0 Å². The average Bonchev–Trinajstić information content (AvgIpc) is 2.39. The van der Waals surface area contributed by atoms with Crippen molar-refractivity contribution >= 4 is 5.78 Å². The summed E-state index contributed by atoms with van der Waals surface area (Å²) in [6, 6.07) is 0. The maximum Gasteiger partial charge on any atom is 0.187 e. The molecule has 0 amide bonds. The maximum atomic E-state index is 11.1. The van der Waals surface area contributed by atoms with Gasteiger partial charge in [-0.1, -0.05) is 39.0 Å². The van der Waals surface area contributed by atoms with Gasteiger partial charge in [-0.3, -0.25) is 4.79 Å². The van der Waals surface area contributed by atoms with Gasteiger partial charge in [0.2, 0.25) is 0 Å². The van der Waals surface area contributed by atoms with E-state index in [4.69, 9.17) is 14.2 Å². The van der Waals surface area contributed by atoms with Crippen LogP contribution in [0.15, 0.2) is 0 Å². The van der Waals surface area contributed by atoms with E-state index in [1.807, 2.05) is 13.8 Å². The summed E-state index contributed by atoms with van der Waals surface area (Å²) in [5.41, 5.74) is -0.443. The second-order valence-electron chi connectivity index (χ2n) is 5.40. The quantitative estimate of drug-likeness (QED) is 0.605. The molecule has 1 heterocycles. The van der Waals surface area contributed by atoms with Crippen molar-refractivity contribution in [1.29, 1.82) is 0 Å². The third-order valence-corrected chi connectivity index (χ3v) is 3.54. The molecular formula is C15H28O4. The molecule has 0 aromatic heterocycles. The van der Waals surface area contributed by atoms with Crippen LogP contribution in [0.1, 0.15) is 59.3 Å². The fourth-order valence-electron chi connectivity index (χ4n) is 2.45. The fraction of sp³-hybridized carbons (Fsp3) is 0.933. The van der Waals surface area contributed by atoms with E-state index < -0.39 is 11.9 Å². The van der Waals surface area contributed by atoms with Gasteiger partial charge in [0.05, 0.1) is 0 Å². The van der Waals surface area contributed by atoms with Gasteiger partial charge >= 0.3 is 0 Å². The average molecular weight is 272 g/mol. The summed E-state index contributed by atoms with van der Waals surface area (Å²) in [6.07, 6.45) is 6.61.